The van der Waals surface area contributed by atoms with Crippen LogP contribution in [0.2, 0.25) is 0 Å². The first kappa shape index (κ1) is 12.9. The number of rotatable bonds is 4. The molecular formula is C17H16N2S. The molecule has 0 atom stereocenters. The highest BCUT2D eigenvalue weighted by molar-refractivity contribution is 7.09. The van der Waals surface area contributed by atoms with E-state index in [1.807, 2.05) is 11.6 Å². The Balaban J connectivity index is 1.85. The second-order valence-electron chi connectivity index (χ2n) is 4.63. The minimum Gasteiger partial charge on any atom is -0.380 e. The molecule has 0 saturated heterocycles. The average molecular weight is 280 g/mol. The van der Waals surface area contributed by atoms with Crippen molar-refractivity contribution < 1.29 is 0 Å². The lowest BCUT2D eigenvalue weighted by Gasteiger charge is -2.11. The van der Waals surface area contributed by atoms with Gasteiger partial charge in [0.15, 0.2) is 0 Å². The van der Waals surface area contributed by atoms with Crippen LogP contribution in [0.5, 0.6) is 0 Å². The van der Waals surface area contributed by atoms with E-state index in [0.717, 1.165) is 17.9 Å². The normalized spacial score (nSPS) is 10.4. The van der Waals surface area contributed by atoms with Gasteiger partial charge in [0.2, 0.25) is 0 Å². The third-order valence-corrected chi connectivity index (χ3v) is 4.23. The maximum Gasteiger partial charge on any atom is 0.0798 e. The number of aromatic nitrogens is 1. The van der Waals surface area contributed by atoms with E-state index in [4.69, 9.17) is 0 Å². The Kier molecular flexibility index (Phi) is 3.79. The molecule has 1 aromatic heterocycles. The maximum atomic E-state index is 4.29. The lowest BCUT2D eigenvalue weighted by molar-refractivity contribution is 1.12. The van der Waals surface area contributed by atoms with Gasteiger partial charge in [0.05, 0.1) is 17.7 Å². The lowest BCUT2D eigenvalue weighted by atomic mass is 10.0. The van der Waals surface area contributed by atoms with Crippen LogP contribution in [-0.4, -0.2) is 4.98 Å². The van der Waals surface area contributed by atoms with Crippen LogP contribution < -0.4 is 5.32 Å². The molecule has 0 saturated carbocycles. The van der Waals surface area contributed by atoms with Gasteiger partial charge in [0.25, 0.3) is 0 Å². The summed E-state index contributed by atoms with van der Waals surface area (Å²) in [7, 11) is 0. The Hall–Kier alpha value is -2.13. The predicted octanol–water partition coefficient (Wildman–Crippen LogP) is 4.73. The van der Waals surface area contributed by atoms with Crippen molar-refractivity contribution >= 4 is 17.0 Å². The van der Waals surface area contributed by atoms with Gasteiger partial charge in [-0.1, -0.05) is 48.5 Å². The summed E-state index contributed by atoms with van der Waals surface area (Å²) in [6.07, 6.45) is 0. The van der Waals surface area contributed by atoms with E-state index < -0.39 is 0 Å². The fourth-order valence-corrected chi connectivity index (χ4v) is 2.89. The van der Waals surface area contributed by atoms with Gasteiger partial charge in [0.1, 0.15) is 0 Å². The summed E-state index contributed by atoms with van der Waals surface area (Å²) in [5.41, 5.74) is 6.63. The molecule has 100 valence electrons. The molecular weight excluding hydrogens is 264 g/mol. The second kappa shape index (κ2) is 5.88. The van der Waals surface area contributed by atoms with Gasteiger partial charge in [-0.2, -0.15) is 0 Å². The number of nitrogens with one attached hydrogen (secondary N) is 1. The Morgan fingerprint density at radius 1 is 1.00 bits per heavy atom. The van der Waals surface area contributed by atoms with Gasteiger partial charge < -0.3 is 5.32 Å². The number of thiazole rings is 1. The minimum absolute atomic E-state index is 0.820. The zero-order valence-corrected chi connectivity index (χ0v) is 12.2. The van der Waals surface area contributed by atoms with Crippen LogP contribution >= 0.6 is 11.3 Å². The number of hydrogen-bond donors (Lipinski definition) is 1. The lowest BCUT2D eigenvalue weighted by Crippen LogP contribution is -2.00. The van der Waals surface area contributed by atoms with Crippen molar-refractivity contribution in [2.75, 3.05) is 5.32 Å². The van der Waals surface area contributed by atoms with Crippen LogP contribution in [0.1, 0.15) is 10.6 Å². The first-order chi connectivity index (χ1) is 9.84. The SMILES string of the molecule is Cc1ncsc1CNc1ccccc1-c1ccccc1. The van der Waals surface area contributed by atoms with Crippen LogP contribution in [0, 0.1) is 6.92 Å². The highest BCUT2D eigenvalue weighted by atomic mass is 32.1. The summed E-state index contributed by atoms with van der Waals surface area (Å²) >= 11 is 1.70. The van der Waals surface area contributed by atoms with E-state index in [1.165, 1.54) is 16.0 Å². The zero-order chi connectivity index (χ0) is 13.8. The summed E-state index contributed by atoms with van der Waals surface area (Å²) < 4.78 is 0. The van der Waals surface area contributed by atoms with Crippen molar-refractivity contribution in [2.45, 2.75) is 13.5 Å². The number of nitrogens with zero attached hydrogens (tertiary/aromatic N) is 1. The molecule has 3 rings (SSSR count). The van der Waals surface area contributed by atoms with E-state index in [1.54, 1.807) is 11.3 Å². The van der Waals surface area contributed by atoms with Crippen LogP contribution in [0.4, 0.5) is 5.69 Å². The molecule has 2 nitrogen and oxygen atoms in total. The van der Waals surface area contributed by atoms with E-state index in [9.17, 15) is 0 Å². The summed E-state index contributed by atoms with van der Waals surface area (Å²) in [5.74, 6) is 0. The summed E-state index contributed by atoms with van der Waals surface area (Å²) in [4.78, 5) is 5.57. The van der Waals surface area contributed by atoms with Crippen LogP contribution in [0.15, 0.2) is 60.1 Å². The van der Waals surface area contributed by atoms with Gasteiger partial charge in [-0.05, 0) is 18.6 Å². The number of hydrogen-bond acceptors (Lipinski definition) is 3. The molecule has 0 aliphatic carbocycles. The van der Waals surface area contributed by atoms with E-state index in [-0.39, 0.29) is 0 Å². The number of aryl methyl sites for hydroxylation is 1. The van der Waals surface area contributed by atoms with Gasteiger partial charge in [-0.25, -0.2) is 4.98 Å². The smallest absolute Gasteiger partial charge is 0.0798 e. The summed E-state index contributed by atoms with van der Waals surface area (Å²) in [6.45, 7) is 2.87. The minimum atomic E-state index is 0.820. The van der Waals surface area contributed by atoms with Gasteiger partial charge in [0, 0.05) is 16.1 Å². The molecule has 0 bridgehead atoms. The first-order valence-electron chi connectivity index (χ1n) is 6.62. The molecule has 0 fully saturated rings. The Labute approximate surface area is 123 Å². The molecule has 3 heteroatoms. The molecule has 3 aromatic rings. The fraction of sp³-hybridized carbons (Fsp3) is 0.118. The largest absolute Gasteiger partial charge is 0.380 e. The first-order valence-corrected chi connectivity index (χ1v) is 7.50. The molecule has 0 aliphatic heterocycles. The third kappa shape index (κ3) is 2.73. The number of anilines is 1. The predicted molar refractivity (Wildman–Crippen MR) is 86.1 cm³/mol. The fourth-order valence-electron chi connectivity index (χ4n) is 2.18. The second-order valence-corrected chi connectivity index (χ2v) is 5.57. The molecule has 0 amide bonds. The molecule has 0 aliphatic rings. The standard InChI is InChI=1S/C17H16N2S/c1-13-17(20-12-19-13)11-18-16-10-6-5-9-15(16)14-7-3-2-4-8-14/h2-10,12,18H,11H2,1H3. The van der Waals surface area contributed by atoms with Gasteiger partial charge in [-0.3, -0.25) is 0 Å². The van der Waals surface area contributed by atoms with Crippen LogP contribution in [0.25, 0.3) is 11.1 Å². The van der Waals surface area contributed by atoms with Crippen molar-refractivity contribution in [3.8, 4) is 11.1 Å². The Bertz CT molecular complexity index is 689. The molecule has 1 heterocycles. The van der Waals surface area contributed by atoms with Crippen molar-refractivity contribution in [3.05, 3.63) is 70.7 Å². The molecule has 0 unspecified atom stereocenters. The number of benzene rings is 2. The van der Waals surface area contributed by atoms with Crippen molar-refractivity contribution in [3.63, 3.8) is 0 Å². The van der Waals surface area contributed by atoms with Crippen LogP contribution in [-0.2, 0) is 6.54 Å². The van der Waals surface area contributed by atoms with Crippen molar-refractivity contribution in [1.29, 1.82) is 0 Å². The summed E-state index contributed by atoms with van der Waals surface area (Å²) in [5, 5.41) is 3.53. The third-order valence-electron chi connectivity index (χ3n) is 3.30. The summed E-state index contributed by atoms with van der Waals surface area (Å²) in [6, 6.07) is 18.9. The van der Waals surface area contributed by atoms with Gasteiger partial charge in [-0.15, -0.1) is 11.3 Å². The Morgan fingerprint density at radius 3 is 2.50 bits per heavy atom. The van der Waals surface area contributed by atoms with E-state index in [2.05, 4.69) is 65.8 Å². The highest BCUT2D eigenvalue weighted by Gasteiger charge is 2.05. The van der Waals surface area contributed by atoms with E-state index in [0.29, 0.717) is 0 Å². The van der Waals surface area contributed by atoms with E-state index >= 15 is 0 Å². The quantitative estimate of drug-likeness (QED) is 0.747. The van der Waals surface area contributed by atoms with Gasteiger partial charge >= 0.3 is 0 Å². The molecule has 1 N–H and O–H groups in total. The molecule has 0 radical (unpaired) electrons. The van der Waals surface area contributed by atoms with Crippen molar-refractivity contribution in [2.24, 2.45) is 0 Å². The maximum absolute atomic E-state index is 4.29. The van der Waals surface area contributed by atoms with Crippen LogP contribution in [0.3, 0.4) is 0 Å². The topological polar surface area (TPSA) is 24.9 Å². The van der Waals surface area contributed by atoms with Crippen molar-refractivity contribution in [1.82, 2.24) is 4.98 Å². The zero-order valence-electron chi connectivity index (χ0n) is 11.3. The number of para-hydroxylation sites is 1. The Morgan fingerprint density at radius 2 is 1.75 bits per heavy atom. The monoisotopic (exact) mass is 280 g/mol. The molecule has 0 spiro atoms. The molecule has 20 heavy (non-hydrogen) atoms. The highest BCUT2D eigenvalue weighted by Crippen LogP contribution is 2.28. The molecule has 2 aromatic carbocycles. The average Bonchev–Trinajstić information content (AvgIpc) is 2.92.